The topological polar surface area (TPSA) is 65.0 Å². The summed E-state index contributed by atoms with van der Waals surface area (Å²) in [7, 11) is 0. The van der Waals surface area contributed by atoms with Gasteiger partial charge in [-0.15, -0.1) is 10.2 Å². The van der Waals surface area contributed by atoms with E-state index in [1.54, 1.807) is 6.92 Å². The molecule has 2 aromatic heterocycles. The smallest absolute Gasteiger partial charge is 0.254 e. The molecule has 0 bridgehead atoms. The van der Waals surface area contributed by atoms with E-state index in [0.717, 1.165) is 23.8 Å². The van der Waals surface area contributed by atoms with Crippen molar-refractivity contribution in [2.75, 3.05) is 0 Å². The quantitative estimate of drug-likeness (QED) is 0.544. The average Bonchev–Trinajstić information content (AvgIpc) is 3.24. The van der Waals surface area contributed by atoms with Crippen molar-refractivity contribution in [1.82, 2.24) is 15.4 Å². The zero-order chi connectivity index (χ0) is 17.4. The summed E-state index contributed by atoms with van der Waals surface area (Å²) in [5.74, 6) is -0.763. The second kappa shape index (κ2) is 5.94. The molecule has 7 heteroatoms. The van der Waals surface area contributed by atoms with Crippen LogP contribution in [0.1, 0.15) is 5.76 Å². The van der Waals surface area contributed by atoms with E-state index in [2.05, 4.69) is 15.4 Å². The second-order valence-electron chi connectivity index (χ2n) is 5.36. The molecule has 25 heavy (non-hydrogen) atoms. The zero-order valence-corrected chi connectivity index (χ0v) is 13.0. The minimum Gasteiger partial charge on any atom is -0.416 e. The van der Waals surface area contributed by atoms with Gasteiger partial charge in [0.2, 0.25) is 0 Å². The van der Waals surface area contributed by atoms with Gasteiger partial charge >= 0.3 is 0 Å². The van der Waals surface area contributed by atoms with Crippen LogP contribution >= 0.6 is 0 Å². The van der Waals surface area contributed by atoms with Crippen molar-refractivity contribution >= 4 is 0 Å². The maximum atomic E-state index is 13.9. The van der Waals surface area contributed by atoms with Crippen LogP contribution < -0.4 is 0 Å². The van der Waals surface area contributed by atoms with Crippen LogP contribution in [-0.2, 0) is 0 Å². The van der Waals surface area contributed by atoms with Gasteiger partial charge in [-0.25, -0.2) is 8.78 Å². The number of hydrogen-bond donors (Lipinski definition) is 0. The third-order valence-electron chi connectivity index (χ3n) is 3.71. The Morgan fingerprint density at radius 2 is 1.68 bits per heavy atom. The van der Waals surface area contributed by atoms with Crippen molar-refractivity contribution in [3.63, 3.8) is 0 Å². The van der Waals surface area contributed by atoms with E-state index in [9.17, 15) is 8.78 Å². The zero-order valence-electron chi connectivity index (χ0n) is 13.0. The van der Waals surface area contributed by atoms with Crippen molar-refractivity contribution in [3.8, 4) is 34.2 Å². The molecule has 0 fully saturated rings. The summed E-state index contributed by atoms with van der Waals surface area (Å²) >= 11 is 0. The van der Waals surface area contributed by atoms with Crippen LogP contribution in [0.2, 0.25) is 0 Å². The number of aromatic nitrogens is 3. The number of hydrogen-bond acceptors (Lipinski definition) is 5. The minimum atomic E-state index is -0.651. The summed E-state index contributed by atoms with van der Waals surface area (Å²) in [5.41, 5.74) is 1.76. The van der Waals surface area contributed by atoms with Crippen LogP contribution in [0.25, 0.3) is 34.2 Å². The molecule has 0 aliphatic heterocycles. The first-order valence-electron chi connectivity index (χ1n) is 7.44. The number of halogens is 2. The summed E-state index contributed by atoms with van der Waals surface area (Å²) in [6, 6.07) is 12.4. The molecule has 0 atom stereocenters. The Hall–Kier alpha value is -3.35. The monoisotopic (exact) mass is 339 g/mol. The average molecular weight is 339 g/mol. The van der Waals surface area contributed by atoms with Crippen LogP contribution in [0, 0.1) is 18.6 Å². The Labute approximate surface area is 140 Å². The molecule has 4 rings (SSSR count). The fourth-order valence-electron chi connectivity index (χ4n) is 2.51. The first-order chi connectivity index (χ1) is 12.1. The fraction of sp³-hybridized carbons (Fsp3) is 0.0556. The predicted octanol–water partition coefficient (Wildman–Crippen LogP) is 4.65. The largest absolute Gasteiger partial charge is 0.416 e. The SMILES string of the molecule is Cc1onc(-c2ccccc2)c1-c1nnc(-c2cc(F)ccc2F)o1. The predicted molar refractivity (Wildman–Crippen MR) is 85.3 cm³/mol. The number of benzene rings is 2. The van der Waals surface area contributed by atoms with E-state index < -0.39 is 11.6 Å². The molecule has 5 nitrogen and oxygen atoms in total. The van der Waals surface area contributed by atoms with Gasteiger partial charge in [0.1, 0.15) is 28.7 Å². The number of nitrogens with zero attached hydrogens (tertiary/aromatic N) is 3. The molecule has 0 saturated heterocycles. The summed E-state index contributed by atoms with van der Waals surface area (Å²) < 4.78 is 38.1. The van der Waals surface area contributed by atoms with Crippen LogP contribution in [0.15, 0.2) is 57.5 Å². The molecule has 0 spiro atoms. The fourth-order valence-corrected chi connectivity index (χ4v) is 2.51. The maximum absolute atomic E-state index is 13.9. The van der Waals surface area contributed by atoms with Gasteiger partial charge in [0.25, 0.3) is 11.8 Å². The molecule has 0 unspecified atom stereocenters. The van der Waals surface area contributed by atoms with E-state index in [1.165, 1.54) is 0 Å². The molecule has 2 heterocycles. The van der Waals surface area contributed by atoms with Gasteiger partial charge in [-0.2, -0.15) is 0 Å². The molecule has 0 amide bonds. The summed E-state index contributed by atoms with van der Waals surface area (Å²) in [6.07, 6.45) is 0. The Morgan fingerprint density at radius 1 is 0.920 bits per heavy atom. The molecule has 0 radical (unpaired) electrons. The maximum Gasteiger partial charge on any atom is 0.254 e. The van der Waals surface area contributed by atoms with Crippen LogP contribution in [0.5, 0.6) is 0 Å². The third kappa shape index (κ3) is 2.69. The van der Waals surface area contributed by atoms with Crippen molar-refractivity contribution in [2.45, 2.75) is 6.92 Å². The second-order valence-corrected chi connectivity index (χ2v) is 5.36. The summed E-state index contributed by atoms with van der Waals surface area (Å²) in [5, 5.41) is 11.8. The standard InChI is InChI=1S/C18H11F2N3O2/c1-10-15(16(23-25-10)11-5-3-2-4-6-11)18-22-21-17(24-18)13-9-12(19)7-8-14(13)20/h2-9H,1H3. The highest BCUT2D eigenvalue weighted by Gasteiger charge is 2.23. The van der Waals surface area contributed by atoms with E-state index in [0.29, 0.717) is 17.0 Å². The number of aryl methyl sites for hydroxylation is 1. The normalized spacial score (nSPS) is 11.0. The van der Waals surface area contributed by atoms with Crippen LogP contribution in [0.4, 0.5) is 8.78 Å². The highest BCUT2D eigenvalue weighted by Crippen LogP contribution is 2.35. The van der Waals surface area contributed by atoms with Crippen molar-refractivity contribution in [1.29, 1.82) is 0 Å². The molecule has 4 aromatic rings. The highest BCUT2D eigenvalue weighted by molar-refractivity contribution is 5.78. The van der Waals surface area contributed by atoms with Gasteiger partial charge in [-0.3, -0.25) is 0 Å². The Balaban J connectivity index is 1.82. The first kappa shape index (κ1) is 15.2. The Kier molecular flexibility index (Phi) is 3.61. The molecular formula is C18H11F2N3O2. The van der Waals surface area contributed by atoms with E-state index >= 15 is 0 Å². The van der Waals surface area contributed by atoms with Gasteiger partial charge in [-0.1, -0.05) is 35.5 Å². The molecule has 0 N–H and O–H groups in total. The lowest BCUT2D eigenvalue weighted by atomic mass is 10.1. The lowest BCUT2D eigenvalue weighted by Crippen LogP contribution is -1.86. The van der Waals surface area contributed by atoms with Crippen LogP contribution in [0.3, 0.4) is 0 Å². The van der Waals surface area contributed by atoms with E-state index in [1.807, 2.05) is 30.3 Å². The van der Waals surface area contributed by atoms with Gasteiger partial charge < -0.3 is 8.94 Å². The highest BCUT2D eigenvalue weighted by atomic mass is 19.1. The van der Waals surface area contributed by atoms with E-state index in [-0.39, 0.29) is 17.3 Å². The Bertz CT molecular complexity index is 1040. The van der Waals surface area contributed by atoms with Gasteiger partial charge in [0.05, 0.1) is 5.56 Å². The molecule has 2 aromatic carbocycles. The van der Waals surface area contributed by atoms with Gasteiger partial charge in [0.15, 0.2) is 0 Å². The summed E-state index contributed by atoms with van der Waals surface area (Å²) in [6.45, 7) is 1.71. The van der Waals surface area contributed by atoms with Crippen molar-refractivity contribution in [2.24, 2.45) is 0 Å². The minimum absolute atomic E-state index is 0.103. The third-order valence-corrected chi connectivity index (χ3v) is 3.71. The number of rotatable bonds is 3. The first-order valence-corrected chi connectivity index (χ1v) is 7.44. The van der Waals surface area contributed by atoms with Gasteiger partial charge in [0, 0.05) is 5.56 Å². The van der Waals surface area contributed by atoms with Crippen molar-refractivity contribution < 1.29 is 17.7 Å². The molecule has 0 aliphatic carbocycles. The molecule has 0 saturated carbocycles. The van der Waals surface area contributed by atoms with E-state index in [4.69, 9.17) is 8.94 Å². The lowest BCUT2D eigenvalue weighted by Gasteiger charge is -1.99. The molecule has 124 valence electrons. The van der Waals surface area contributed by atoms with Gasteiger partial charge in [-0.05, 0) is 25.1 Å². The summed E-state index contributed by atoms with van der Waals surface area (Å²) in [4.78, 5) is 0. The molecular weight excluding hydrogens is 328 g/mol. The molecule has 0 aliphatic rings. The van der Waals surface area contributed by atoms with Crippen molar-refractivity contribution in [3.05, 3.63) is 65.9 Å². The Morgan fingerprint density at radius 3 is 2.48 bits per heavy atom. The lowest BCUT2D eigenvalue weighted by molar-refractivity contribution is 0.399. The van der Waals surface area contributed by atoms with Crippen LogP contribution in [-0.4, -0.2) is 15.4 Å².